The highest BCUT2D eigenvalue weighted by atomic mass is 35.5. The smallest absolute Gasteiger partial charge is 0.271 e. The first-order valence-corrected chi connectivity index (χ1v) is 8.65. The first-order valence-electron chi connectivity index (χ1n) is 8.27. The van der Waals surface area contributed by atoms with Crippen LogP contribution in [-0.2, 0) is 7.05 Å². The summed E-state index contributed by atoms with van der Waals surface area (Å²) in [4.78, 5) is 20.2. The lowest BCUT2D eigenvalue weighted by molar-refractivity contribution is 0.0921. The zero-order chi connectivity index (χ0) is 18.7. The van der Waals surface area contributed by atoms with Crippen molar-refractivity contribution in [2.24, 2.45) is 7.05 Å². The summed E-state index contributed by atoms with van der Waals surface area (Å²) < 4.78 is 15.8. The number of nitrogens with one attached hydrogen (secondary N) is 2. The Morgan fingerprint density at radius 3 is 2.92 bits per heavy atom. The molecule has 2 atom stereocenters. The van der Waals surface area contributed by atoms with E-state index in [4.69, 9.17) is 16.9 Å². The normalized spacial score (nSPS) is 19.6. The number of nitriles is 1. The van der Waals surface area contributed by atoms with E-state index in [1.54, 1.807) is 30.2 Å². The van der Waals surface area contributed by atoms with Gasteiger partial charge in [-0.25, -0.2) is 14.4 Å². The second-order valence-electron chi connectivity index (χ2n) is 6.37. The molecule has 1 fully saturated rings. The van der Waals surface area contributed by atoms with Gasteiger partial charge in [0.05, 0.1) is 11.9 Å². The fourth-order valence-corrected chi connectivity index (χ4v) is 3.26. The SMILES string of the molecule is Cn1cnc(C(=O)N[C@@H]2CCC[C@@H](Nc3nc(Cl)c(C#N)cc3F)C2)c1. The molecule has 0 aliphatic heterocycles. The zero-order valence-electron chi connectivity index (χ0n) is 14.2. The van der Waals surface area contributed by atoms with E-state index in [2.05, 4.69) is 20.6 Å². The molecule has 0 spiro atoms. The van der Waals surface area contributed by atoms with Crippen LogP contribution >= 0.6 is 11.6 Å². The van der Waals surface area contributed by atoms with E-state index in [1.807, 2.05) is 0 Å². The molecule has 7 nitrogen and oxygen atoms in total. The van der Waals surface area contributed by atoms with E-state index in [1.165, 1.54) is 0 Å². The highest BCUT2D eigenvalue weighted by Gasteiger charge is 2.25. The number of aryl methyl sites for hydroxylation is 1. The molecule has 2 aromatic heterocycles. The van der Waals surface area contributed by atoms with Crippen molar-refractivity contribution >= 4 is 23.3 Å². The molecule has 2 aromatic rings. The summed E-state index contributed by atoms with van der Waals surface area (Å²) in [5.41, 5.74) is 0.369. The highest BCUT2D eigenvalue weighted by molar-refractivity contribution is 6.30. The Morgan fingerprint density at radius 2 is 2.23 bits per heavy atom. The van der Waals surface area contributed by atoms with Gasteiger partial charge in [0.1, 0.15) is 16.9 Å². The number of pyridine rings is 1. The maximum atomic E-state index is 14.1. The summed E-state index contributed by atoms with van der Waals surface area (Å²) in [5.74, 6) is -0.816. The molecule has 0 radical (unpaired) electrons. The van der Waals surface area contributed by atoms with Crippen LogP contribution in [0.25, 0.3) is 0 Å². The van der Waals surface area contributed by atoms with Gasteiger partial charge < -0.3 is 15.2 Å². The molecule has 1 amide bonds. The molecule has 2 N–H and O–H groups in total. The summed E-state index contributed by atoms with van der Waals surface area (Å²) >= 11 is 5.88. The van der Waals surface area contributed by atoms with Gasteiger partial charge in [0.2, 0.25) is 0 Å². The summed E-state index contributed by atoms with van der Waals surface area (Å²) in [5, 5.41) is 14.8. The quantitative estimate of drug-likeness (QED) is 0.800. The number of aromatic nitrogens is 3. The number of rotatable bonds is 4. The number of imidazole rings is 1. The van der Waals surface area contributed by atoms with E-state index < -0.39 is 5.82 Å². The average molecular weight is 377 g/mol. The maximum Gasteiger partial charge on any atom is 0.271 e. The largest absolute Gasteiger partial charge is 0.365 e. The summed E-state index contributed by atoms with van der Waals surface area (Å²) in [6.45, 7) is 0. The Labute approximate surface area is 155 Å². The highest BCUT2D eigenvalue weighted by Crippen LogP contribution is 2.25. The van der Waals surface area contributed by atoms with Crippen LogP contribution in [0.5, 0.6) is 0 Å². The summed E-state index contributed by atoms with van der Waals surface area (Å²) in [6, 6.07) is 2.78. The molecule has 9 heteroatoms. The first-order chi connectivity index (χ1) is 12.5. The van der Waals surface area contributed by atoms with Crippen LogP contribution in [0, 0.1) is 17.1 Å². The van der Waals surface area contributed by atoms with E-state index >= 15 is 0 Å². The Balaban J connectivity index is 1.63. The van der Waals surface area contributed by atoms with Gasteiger partial charge in [-0.2, -0.15) is 5.26 Å². The van der Waals surface area contributed by atoms with Gasteiger partial charge in [0.15, 0.2) is 11.6 Å². The lowest BCUT2D eigenvalue weighted by atomic mass is 9.91. The molecule has 0 aromatic carbocycles. The van der Waals surface area contributed by atoms with Crippen LogP contribution in [0.4, 0.5) is 10.2 Å². The topological polar surface area (TPSA) is 95.6 Å². The molecule has 1 saturated carbocycles. The molecule has 1 aliphatic rings. The van der Waals surface area contributed by atoms with E-state index in [-0.39, 0.29) is 34.5 Å². The van der Waals surface area contributed by atoms with Crippen LogP contribution in [0.3, 0.4) is 0 Å². The molecule has 0 unspecified atom stereocenters. The lowest BCUT2D eigenvalue weighted by Gasteiger charge is -2.30. The van der Waals surface area contributed by atoms with Gasteiger partial charge in [0.25, 0.3) is 5.91 Å². The van der Waals surface area contributed by atoms with Gasteiger partial charge in [-0.15, -0.1) is 0 Å². The van der Waals surface area contributed by atoms with Crippen molar-refractivity contribution < 1.29 is 9.18 Å². The number of anilines is 1. The molecule has 136 valence electrons. The number of carbonyl (C=O) groups is 1. The van der Waals surface area contributed by atoms with Crippen LogP contribution in [0.1, 0.15) is 41.7 Å². The molecular formula is C17H18ClFN6O. The Hall–Kier alpha value is -2.66. The van der Waals surface area contributed by atoms with Crippen molar-refractivity contribution in [3.8, 4) is 6.07 Å². The molecule has 0 saturated heterocycles. The standard InChI is InChI=1S/C17H18ClFN6O/c1-25-8-14(21-9-25)17(26)23-12-4-2-3-11(6-12)22-16-13(19)5-10(7-20)15(18)24-16/h5,8-9,11-12H,2-4,6H2,1H3,(H,22,24)(H,23,26)/t11-,12-/m1/s1. The number of halogens is 2. The predicted molar refractivity (Wildman–Crippen MR) is 94.3 cm³/mol. The minimum absolute atomic E-state index is 0.00105. The molecule has 0 bridgehead atoms. The van der Waals surface area contributed by atoms with E-state index in [9.17, 15) is 9.18 Å². The third-order valence-electron chi connectivity index (χ3n) is 4.34. The molecular weight excluding hydrogens is 359 g/mol. The van der Waals surface area contributed by atoms with Crippen molar-refractivity contribution in [3.63, 3.8) is 0 Å². The number of hydrogen-bond acceptors (Lipinski definition) is 5. The minimum atomic E-state index is -0.620. The van der Waals surface area contributed by atoms with Gasteiger partial charge in [-0.3, -0.25) is 4.79 Å². The van der Waals surface area contributed by atoms with Crippen LogP contribution < -0.4 is 10.6 Å². The lowest BCUT2D eigenvalue weighted by Crippen LogP contribution is -2.42. The van der Waals surface area contributed by atoms with Crippen LogP contribution in [0.2, 0.25) is 5.15 Å². The monoisotopic (exact) mass is 376 g/mol. The van der Waals surface area contributed by atoms with Crippen LogP contribution in [-0.4, -0.2) is 32.5 Å². The molecule has 26 heavy (non-hydrogen) atoms. The Bertz CT molecular complexity index is 861. The number of carbonyl (C=O) groups excluding carboxylic acids is 1. The van der Waals surface area contributed by atoms with Gasteiger partial charge in [0, 0.05) is 25.3 Å². The maximum absolute atomic E-state index is 14.1. The second-order valence-corrected chi connectivity index (χ2v) is 6.73. The predicted octanol–water partition coefficient (Wildman–Crippen LogP) is 2.63. The molecule has 3 rings (SSSR count). The van der Waals surface area contributed by atoms with Crippen molar-refractivity contribution in [2.45, 2.75) is 37.8 Å². The zero-order valence-corrected chi connectivity index (χ0v) is 14.9. The number of nitrogens with zero attached hydrogens (tertiary/aromatic N) is 4. The van der Waals surface area contributed by atoms with Crippen molar-refractivity contribution in [3.05, 3.63) is 40.8 Å². The molecule has 1 aliphatic carbocycles. The Kier molecular flexibility index (Phi) is 5.38. The molecule has 2 heterocycles. The number of amides is 1. The van der Waals surface area contributed by atoms with E-state index in [0.29, 0.717) is 12.1 Å². The Morgan fingerprint density at radius 1 is 1.46 bits per heavy atom. The average Bonchev–Trinajstić information content (AvgIpc) is 3.05. The van der Waals surface area contributed by atoms with Crippen molar-refractivity contribution in [1.82, 2.24) is 19.9 Å². The first kappa shape index (κ1) is 18.1. The number of hydrogen-bond donors (Lipinski definition) is 2. The van der Waals surface area contributed by atoms with Crippen molar-refractivity contribution in [1.29, 1.82) is 5.26 Å². The fraction of sp³-hybridized carbons (Fsp3) is 0.412. The summed E-state index contributed by atoms with van der Waals surface area (Å²) in [7, 11) is 1.80. The third-order valence-corrected chi connectivity index (χ3v) is 4.63. The van der Waals surface area contributed by atoms with Crippen molar-refractivity contribution in [2.75, 3.05) is 5.32 Å². The van der Waals surface area contributed by atoms with Crippen LogP contribution in [0.15, 0.2) is 18.6 Å². The van der Waals surface area contributed by atoms with Gasteiger partial charge in [-0.1, -0.05) is 11.6 Å². The van der Waals surface area contributed by atoms with Gasteiger partial charge >= 0.3 is 0 Å². The van der Waals surface area contributed by atoms with Gasteiger partial charge in [-0.05, 0) is 31.7 Å². The minimum Gasteiger partial charge on any atom is -0.365 e. The third kappa shape index (κ3) is 4.11. The van der Waals surface area contributed by atoms with E-state index in [0.717, 1.165) is 25.3 Å². The summed E-state index contributed by atoms with van der Waals surface area (Å²) in [6.07, 6.45) is 6.43. The second kappa shape index (κ2) is 7.70. The fourth-order valence-electron chi connectivity index (χ4n) is 3.08.